The Balaban J connectivity index is 2.23. The van der Waals surface area contributed by atoms with Crippen LogP contribution in [0.3, 0.4) is 0 Å². The van der Waals surface area contributed by atoms with Crippen molar-refractivity contribution >= 4 is 11.8 Å². The molecule has 0 aliphatic rings. The van der Waals surface area contributed by atoms with Gasteiger partial charge in [0.1, 0.15) is 6.04 Å². The van der Waals surface area contributed by atoms with Gasteiger partial charge in [0.25, 0.3) is 0 Å². The molecule has 0 aliphatic heterocycles. The normalized spacial score (nSPS) is 11.7. The second-order valence-electron chi connectivity index (χ2n) is 7.74. The van der Waals surface area contributed by atoms with Crippen molar-refractivity contribution in [2.75, 3.05) is 6.54 Å². The van der Waals surface area contributed by atoms with Gasteiger partial charge >= 0.3 is 0 Å². The van der Waals surface area contributed by atoms with Gasteiger partial charge in [0.15, 0.2) is 0 Å². The van der Waals surface area contributed by atoms with Crippen molar-refractivity contribution in [3.8, 4) is 0 Å². The molecule has 0 heterocycles. The Labute approximate surface area is 175 Å². The van der Waals surface area contributed by atoms with E-state index in [1.165, 1.54) is 5.56 Å². The Morgan fingerprint density at radius 1 is 0.966 bits per heavy atom. The first-order valence-corrected chi connectivity index (χ1v) is 10.6. The van der Waals surface area contributed by atoms with Crippen molar-refractivity contribution in [2.45, 2.75) is 66.0 Å². The number of carbonyl (C=O) groups excluding carboxylic acids is 2. The summed E-state index contributed by atoms with van der Waals surface area (Å²) in [6, 6.07) is 15.7. The van der Waals surface area contributed by atoms with Crippen LogP contribution >= 0.6 is 0 Å². The molecule has 2 rings (SSSR count). The summed E-state index contributed by atoms with van der Waals surface area (Å²) < 4.78 is 0. The van der Waals surface area contributed by atoms with Gasteiger partial charge in [0.2, 0.25) is 11.8 Å². The molecule has 0 saturated heterocycles. The molecule has 0 bridgehead atoms. The second-order valence-corrected chi connectivity index (χ2v) is 7.74. The summed E-state index contributed by atoms with van der Waals surface area (Å²) in [7, 11) is 0. The molecular formula is C25H34N2O2. The maximum Gasteiger partial charge on any atom is 0.242 e. The first kappa shape index (κ1) is 22.7. The lowest BCUT2D eigenvalue weighted by Gasteiger charge is -2.31. The lowest BCUT2D eigenvalue weighted by atomic mass is 10.0. The third-order valence-electron chi connectivity index (χ3n) is 5.13. The van der Waals surface area contributed by atoms with Crippen LogP contribution in [0.4, 0.5) is 0 Å². The Kier molecular flexibility index (Phi) is 8.91. The third-order valence-corrected chi connectivity index (χ3v) is 5.13. The minimum Gasteiger partial charge on any atom is -0.354 e. The van der Waals surface area contributed by atoms with E-state index in [0.717, 1.165) is 29.5 Å². The molecule has 1 N–H and O–H groups in total. The lowest BCUT2D eigenvalue weighted by molar-refractivity contribution is -0.140. The summed E-state index contributed by atoms with van der Waals surface area (Å²) in [6.45, 7) is 9.21. The molecule has 156 valence electrons. The fourth-order valence-electron chi connectivity index (χ4n) is 3.41. The summed E-state index contributed by atoms with van der Waals surface area (Å²) in [6.07, 6.45) is 2.85. The Bertz CT molecular complexity index is 799. The van der Waals surface area contributed by atoms with Crippen molar-refractivity contribution in [3.05, 3.63) is 70.8 Å². The average molecular weight is 395 g/mol. The molecule has 0 fully saturated rings. The van der Waals surface area contributed by atoms with Crippen LogP contribution in [0.25, 0.3) is 0 Å². The van der Waals surface area contributed by atoms with E-state index < -0.39 is 6.04 Å². The van der Waals surface area contributed by atoms with Crippen molar-refractivity contribution in [3.63, 3.8) is 0 Å². The minimum absolute atomic E-state index is 0.0198. The van der Waals surface area contributed by atoms with Gasteiger partial charge in [0, 0.05) is 13.1 Å². The third kappa shape index (κ3) is 7.04. The zero-order valence-corrected chi connectivity index (χ0v) is 18.2. The molecule has 0 radical (unpaired) electrons. The van der Waals surface area contributed by atoms with Crippen LogP contribution in [-0.2, 0) is 22.6 Å². The average Bonchev–Trinajstić information content (AvgIpc) is 2.69. The first-order chi connectivity index (χ1) is 13.9. The van der Waals surface area contributed by atoms with E-state index in [4.69, 9.17) is 0 Å². The number of nitrogens with zero attached hydrogens (tertiary/aromatic N) is 1. The van der Waals surface area contributed by atoms with Crippen LogP contribution in [-0.4, -0.2) is 29.3 Å². The zero-order chi connectivity index (χ0) is 21.2. The van der Waals surface area contributed by atoms with Crippen molar-refractivity contribution in [1.29, 1.82) is 0 Å². The summed E-state index contributed by atoms with van der Waals surface area (Å²) in [5.74, 6) is -0.0840. The van der Waals surface area contributed by atoms with Crippen LogP contribution in [0.15, 0.2) is 48.5 Å². The van der Waals surface area contributed by atoms with E-state index in [1.807, 2.05) is 69.3 Å². The largest absolute Gasteiger partial charge is 0.354 e. The van der Waals surface area contributed by atoms with Crippen LogP contribution < -0.4 is 5.32 Å². The number of amides is 2. The van der Waals surface area contributed by atoms with Gasteiger partial charge in [-0.1, -0.05) is 79.9 Å². The smallest absolute Gasteiger partial charge is 0.242 e. The number of rotatable bonds is 10. The summed E-state index contributed by atoms with van der Waals surface area (Å²) >= 11 is 0. The fraction of sp³-hybridized carbons (Fsp3) is 0.440. The number of carbonyl (C=O) groups is 2. The molecule has 0 aliphatic carbocycles. The van der Waals surface area contributed by atoms with E-state index in [-0.39, 0.29) is 11.8 Å². The molecule has 2 aromatic rings. The highest BCUT2D eigenvalue weighted by Crippen LogP contribution is 2.16. The molecular weight excluding hydrogens is 360 g/mol. The molecule has 0 aromatic heterocycles. The number of benzene rings is 2. The van der Waals surface area contributed by atoms with Gasteiger partial charge in [-0.25, -0.2) is 0 Å². The highest BCUT2D eigenvalue weighted by molar-refractivity contribution is 5.88. The predicted molar refractivity (Wildman–Crippen MR) is 119 cm³/mol. The minimum atomic E-state index is -0.467. The first-order valence-electron chi connectivity index (χ1n) is 10.6. The fourth-order valence-corrected chi connectivity index (χ4v) is 3.41. The van der Waals surface area contributed by atoms with Crippen LogP contribution in [0.2, 0.25) is 0 Å². The molecule has 1 atom stereocenters. The number of unbranched alkanes of at least 4 members (excludes halogenated alkanes) is 1. The second kappa shape index (κ2) is 11.4. The highest BCUT2D eigenvalue weighted by Gasteiger charge is 2.28. The van der Waals surface area contributed by atoms with E-state index >= 15 is 0 Å². The van der Waals surface area contributed by atoms with Gasteiger partial charge < -0.3 is 10.2 Å². The summed E-state index contributed by atoms with van der Waals surface area (Å²) in [5.41, 5.74) is 4.32. The summed E-state index contributed by atoms with van der Waals surface area (Å²) in [4.78, 5) is 27.9. The zero-order valence-electron chi connectivity index (χ0n) is 18.2. The van der Waals surface area contributed by atoms with Gasteiger partial charge in [-0.3, -0.25) is 9.59 Å². The maximum atomic E-state index is 13.3. The highest BCUT2D eigenvalue weighted by atomic mass is 16.2. The van der Waals surface area contributed by atoms with Crippen molar-refractivity contribution in [1.82, 2.24) is 10.2 Å². The maximum absolute atomic E-state index is 13.3. The Hall–Kier alpha value is -2.62. The standard InChI is InChI=1S/C25H34N2O2/c1-5-7-15-26-25(29)23(6-2)27(18-21-13-11-19(3)12-14-21)24(28)17-22-10-8-9-20(4)16-22/h8-14,16,23H,5-7,15,17-18H2,1-4H3,(H,26,29)/t23-/m0/s1. The van der Waals surface area contributed by atoms with Crippen molar-refractivity contribution in [2.24, 2.45) is 0 Å². The van der Waals surface area contributed by atoms with E-state index in [9.17, 15) is 9.59 Å². The van der Waals surface area contributed by atoms with Gasteiger partial charge in [-0.05, 0) is 37.8 Å². The Morgan fingerprint density at radius 3 is 2.31 bits per heavy atom. The molecule has 29 heavy (non-hydrogen) atoms. The monoisotopic (exact) mass is 394 g/mol. The number of aryl methyl sites for hydroxylation is 2. The van der Waals surface area contributed by atoms with Crippen LogP contribution in [0, 0.1) is 13.8 Å². The van der Waals surface area contributed by atoms with Gasteiger partial charge in [-0.15, -0.1) is 0 Å². The quantitative estimate of drug-likeness (QED) is 0.600. The molecule has 0 unspecified atom stereocenters. The van der Waals surface area contributed by atoms with E-state index in [0.29, 0.717) is 25.9 Å². The molecule has 2 amide bonds. The van der Waals surface area contributed by atoms with E-state index in [1.54, 1.807) is 4.90 Å². The van der Waals surface area contributed by atoms with Crippen molar-refractivity contribution < 1.29 is 9.59 Å². The van der Waals surface area contributed by atoms with Gasteiger partial charge in [-0.2, -0.15) is 0 Å². The van der Waals surface area contributed by atoms with E-state index in [2.05, 4.69) is 12.2 Å². The number of hydrogen-bond acceptors (Lipinski definition) is 2. The molecule has 2 aromatic carbocycles. The lowest BCUT2D eigenvalue weighted by Crippen LogP contribution is -2.49. The summed E-state index contributed by atoms with van der Waals surface area (Å²) in [5, 5.41) is 3.00. The van der Waals surface area contributed by atoms with Crippen LogP contribution in [0.1, 0.15) is 55.4 Å². The van der Waals surface area contributed by atoms with Gasteiger partial charge in [0.05, 0.1) is 6.42 Å². The van der Waals surface area contributed by atoms with Crippen LogP contribution in [0.5, 0.6) is 0 Å². The topological polar surface area (TPSA) is 49.4 Å². The molecule has 0 saturated carbocycles. The molecule has 4 nitrogen and oxygen atoms in total. The number of nitrogens with one attached hydrogen (secondary N) is 1. The molecule has 4 heteroatoms. The number of hydrogen-bond donors (Lipinski definition) is 1. The molecule has 0 spiro atoms. The predicted octanol–water partition coefficient (Wildman–Crippen LogP) is 4.57. The Morgan fingerprint density at radius 2 is 1.69 bits per heavy atom. The SMILES string of the molecule is CCCCNC(=O)[C@H](CC)N(Cc1ccc(C)cc1)C(=O)Cc1cccc(C)c1.